The van der Waals surface area contributed by atoms with Gasteiger partial charge in [0.15, 0.2) is 0 Å². The zero-order valence-corrected chi connectivity index (χ0v) is 19.1. The van der Waals surface area contributed by atoms with Crippen LogP contribution in [0.4, 0.5) is 19.1 Å². The Bertz CT molecular complexity index is 1510. The van der Waals surface area contributed by atoms with Crippen LogP contribution in [-0.4, -0.2) is 10.9 Å². The van der Waals surface area contributed by atoms with Crippen LogP contribution in [0.2, 0.25) is 5.02 Å². The zero-order valence-electron chi connectivity index (χ0n) is 18.3. The molecule has 0 bridgehead atoms. The van der Waals surface area contributed by atoms with Gasteiger partial charge in [-0.15, -0.1) is 0 Å². The van der Waals surface area contributed by atoms with E-state index in [1.807, 2.05) is 6.07 Å². The van der Waals surface area contributed by atoms with Crippen LogP contribution in [0.5, 0.6) is 0 Å². The molecular weight excluding hydrogens is 493 g/mol. The van der Waals surface area contributed by atoms with E-state index in [1.54, 1.807) is 54.6 Å². The van der Waals surface area contributed by atoms with Crippen molar-refractivity contribution in [1.82, 2.24) is 4.98 Å². The lowest BCUT2D eigenvalue weighted by molar-refractivity contribution is -0.138. The Morgan fingerprint density at radius 2 is 1.42 bits per heavy atom. The van der Waals surface area contributed by atoms with E-state index in [2.05, 4.69) is 10.3 Å². The molecule has 5 rings (SSSR count). The van der Waals surface area contributed by atoms with Crippen LogP contribution >= 0.6 is 11.6 Å². The van der Waals surface area contributed by atoms with E-state index in [-0.39, 0.29) is 23.2 Å². The molecule has 2 aromatic heterocycles. The molecule has 5 nitrogen and oxygen atoms in total. The number of carbonyl (C=O) groups excluding carboxylic acids is 1. The summed E-state index contributed by atoms with van der Waals surface area (Å²) in [4.78, 5) is 17.6. The number of nitrogens with one attached hydrogen (secondary N) is 1. The molecule has 0 unspecified atom stereocenters. The summed E-state index contributed by atoms with van der Waals surface area (Å²) >= 11 is 5.87. The molecule has 0 spiro atoms. The van der Waals surface area contributed by atoms with E-state index in [4.69, 9.17) is 20.4 Å². The Kier molecular flexibility index (Phi) is 6.12. The minimum absolute atomic E-state index is 0.109. The molecule has 0 aliphatic carbocycles. The normalized spacial score (nSPS) is 11.4. The Hall–Kier alpha value is -4.30. The van der Waals surface area contributed by atoms with Gasteiger partial charge < -0.3 is 8.83 Å². The predicted octanol–water partition coefficient (Wildman–Crippen LogP) is 8.19. The molecule has 0 saturated heterocycles. The predicted molar refractivity (Wildman–Crippen MR) is 129 cm³/mol. The summed E-state index contributed by atoms with van der Waals surface area (Å²) in [5, 5.41) is 2.83. The lowest BCUT2D eigenvalue weighted by Gasteiger charge is -2.07. The second-order valence-corrected chi connectivity index (χ2v) is 8.18. The van der Waals surface area contributed by atoms with Gasteiger partial charge in [0.1, 0.15) is 17.0 Å². The number of hydrogen-bond donors (Lipinski definition) is 1. The lowest BCUT2D eigenvalue weighted by atomic mass is 10.1. The second-order valence-electron chi connectivity index (χ2n) is 7.74. The van der Waals surface area contributed by atoms with Crippen molar-refractivity contribution in [2.24, 2.45) is 0 Å². The van der Waals surface area contributed by atoms with Crippen LogP contribution in [0, 0.1) is 0 Å². The SMILES string of the molecule is O=C(Nc1oc(-c2ccccc2)nc1-c1ccccc1)c1oc(-c2ccc(Cl)cc2)cc1C(F)(F)F. The number of alkyl halides is 3. The van der Waals surface area contributed by atoms with Crippen molar-refractivity contribution in [3.8, 4) is 34.0 Å². The monoisotopic (exact) mass is 508 g/mol. The highest BCUT2D eigenvalue weighted by molar-refractivity contribution is 6.30. The van der Waals surface area contributed by atoms with Crippen LogP contribution < -0.4 is 5.32 Å². The molecular formula is C27H16ClF3N2O3. The van der Waals surface area contributed by atoms with E-state index in [0.717, 1.165) is 6.07 Å². The highest BCUT2D eigenvalue weighted by Gasteiger charge is 2.39. The maximum atomic E-state index is 13.8. The molecule has 1 amide bonds. The molecule has 3 aromatic carbocycles. The van der Waals surface area contributed by atoms with Crippen LogP contribution in [-0.2, 0) is 6.18 Å². The van der Waals surface area contributed by atoms with Crippen molar-refractivity contribution in [3.63, 3.8) is 0 Å². The van der Waals surface area contributed by atoms with E-state index in [0.29, 0.717) is 21.7 Å². The molecule has 0 fully saturated rings. The van der Waals surface area contributed by atoms with Gasteiger partial charge in [-0.1, -0.05) is 60.1 Å². The van der Waals surface area contributed by atoms with Crippen LogP contribution in [0.3, 0.4) is 0 Å². The Balaban J connectivity index is 1.55. The Morgan fingerprint density at radius 3 is 2.03 bits per heavy atom. The van der Waals surface area contributed by atoms with Gasteiger partial charge in [0.2, 0.25) is 17.5 Å². The van der Waals surface area contributed by atoms with Crippen molar-refractivity contribution in [2.75, 3.05) is 5.32 Å². The first-order valence-electron chi connectivity index (χ1n) is 10.7. The summed E-state index contributed by atoms with van der Waals surface area (Å²) in [5.41, 5.74) is 0.625. The first-order valence-corrected chi connectivity index (χ1v) is 11.1. The van der Waals surface area contributed by atoms with Crippen molar-refractivity contribution < 1.29 is 26.8 Å². The van der Waals surface area contributed by atoms with Gasteiger partial charge in [0.05, 0.1) is 0 Å². The highest BCUT2D eigenvalue weighted by Crippen LogP contribution is 2.39. The van der Waals surface area contributed by atoms with Gasteiger partial charge in [-0.3, -0.25) is 10.1 Å². The average molecular weight is 509 g/mol. The number of carbonyl (C=O) groups is 1. The summed E-state index contributed by atoms with van der Waals surface area (Å²) in [7, 11) is 0. The molecule has 0 aliphatic rings. The topological polar surface area (TPSA) is 68.3 Å². The zero-order chi connectivity index (χ0) is 25.3. The van der Waals surface area contributed by atoms with Gasteiger partial charge in [0.25, 0.3) is 5.91 Å². The summed E-state index contributed by atoms with van der Waals surface area (Å²) in [6.45, 7) is 0. The third-order valence-electron chi connectivity index (χ3n) is 5.29. The first-order chi connectivity index (χ1) is 17.3. The fraction of sp³-hybridized carbons (Fsp3) is 0.0370. The molecule has 5 aromatic rings. The molecule has 36 heavy (non-hydrogen) atoms. The number of aromatic nitrogens is 1. The first kappa shape index (κ1) is 23.4. The number of rotatable bonds is 5. The molecule has 9 heteroatoms. The van der Waals surface area contributed by atoms with Crippen LogP contribution in [0.15, 0.2) is 99.8 Å². The summed E-state index contributed by atoms with van der Waals surface area (Å²) < 4.78 is 52.6. The van der Waals surface area contributed by atoms with Crippen molar-refractivity contribution in [2.45, 2.75) is 6.18 Å². The third-order valence-corrected chi connectivity index (χ3v) is 5.55. The van der Waals surface area contributed by atoms with Crippen LogP contribution in [0.25, 0.3) is 34.0 Å². The third kappa shape index (κ3) is 4.76. The largest absolute Gasteiger partial charge is 0.450 e. The number of oxazole rings is 1. The van der Waals surface area contributed by atoms with Crippen molar-refractivity contribution >= 4 is 23.4 Å². The smallest absolute Gasteiger partial charge is 0.420 e. The standard InChI is InChI=1S/C27H16ClF3N2O3/c28-19-13-11-16(12-14-19)21-15-20(27(29,30)31)23(35-21)24(34)33-26-22(17-7-3-1-4-8-17)32-25(36-26)18-9-5-2-6-10-18/h1-15H,(H,33,34). The molecule has 2 heterocycles. The number of amides is 1. The number of hydrogen-bond acceptors (Lipinski definition) is 4. The lowest BCUT2D eigenvalue weighted by Crippen LogP contribution is -2.17. The van der Waals surface area contributed by atoms with Gasteiger partial charge in [0, 0.05) is 21.7 Å². The quantitative estimate of drug-likeness (QED) is 0.260. The number of anilines is 1. The number of benzene rings is 3. The maximum Gasteiger partial charge on any atom is 0.420 e. The average Bonchev–Trinajstić information content (AvgIpc) is 3.51. The summed E-state index contributed by atoms with van der Waals surface area (Å²) in [6, 6.07) is 24.6. The van der Waals surface area contributed by atoms with Gasteiger partial charge in [-0.2, -0.15) is 13.2 Å². The van der Waals surface area contributed by atoms with E-state index >= 15 is 0 Å². The molecule has 0 saturated carbocycles. The van der Waals surface area contributed by atoms with Crippen LogP contribution in [0.1, 0.15) is 16.1 Å². The molecule has 0 radical (unpaired) electrons. The number of furan rings is 1. The Morgan fingerprint density at radius 1 is 0.806 bits per heavy atom. The minimum Gasteiger partial charge on any atom is -0.450 e. The molecule has 1 N–H and O–H groups in total. The number of halogens is 4. The van der Waals surface area contributed by atoms with Crippen molar-refractivity contribution in [3.05, 3.63) is 107 Å². The maximum absolute atomic E-state index is 13.8. The molecule has 0 aliphatic heterocycles. The fourth-order valence-electron chi connectivity index (χ4n) is 3.59. The second kappa shape index (κ2) is 9.39. The van der Waals surface area contributed by atoms with E-state index < -0.39 is 23.4 Å². The summed E-state index contributed by atoms with van der Waals surface area (Å²) in [5.74, 6) is -2.07. The summed E-state index contributed by atoms with van der Waals surface area (Å²) in [6.07, 6.45) is -4.83. The van der Waals surface area contributed by atoms with Gasteiger partial charge in [-0.05, 0) is 42.5 Å². The molecule has 0 atom stereocenters. The molecule has 180 valence electrons. The highest BCUT2D eigenvalue weighted by atomic mass is 35.5. The fourth-order valence-corrected chi connectivity index (χ4v) is 3.71. The minimum atomic E-state index is -4.83. The Labute approximate surface area is 208 Å². The van der Waals surface area contributed by atoms with Crippen molar-refractivity contribution in [1.29, 1.82) is 0 Å². The van der Waals surface area contributed by atoms with E-state index in [1.165, 1.54) is 24.3 Å². The van der Waals surface area contributed by atoms with E-state index in [9.17, 15) is 18.0 Å². The van der Waals surface area contributed by atoms with Gasteiger partial charge >= 0.3 is 6.18 Å². The number of nitrogens with zero attached hydrogens (tertiary/aromatic N) is 1. The van der Waals surface area contributed by atoms with Gasteiger partial charge in [-0.25, -0.2) is 4.98 Å².